The van der Waals surface area contributed by atoms with E-state index in [1.807, 2.05) is 52.8 Å². The maximum Gasteiger partial charge on any atom is 0.410 e. The molecule has 2 aromatic rings. The average Bonchev–Trinajstić information content (AvgIpc) is 3.53. The first kappa shape index (κ1) is 32.4. The molecule has 0 spiro atoms. The number of aromatic nitrogens is 5. The second-order valence-electron chi connectivity index (χ2n) is 13.4. The van der Waals surface area contributed by atoms with Gasteiger partial charge in [-0.1, -0.05) is 45.6 Å². The monoisotopic (exact) mass is 586 g/mol. The van der Waals surface area contributed by atoms with Crippen molar-refractivity contribution in [2.24, 2.45) is 11.8 Å². The first-order valence-corrected chi connectivity index (χ1v) is 18.0. The van der Waals surface area contributed by atoms with Crippen LogP contribution in [0.5, 0.6) is 0 Å². The molecule has 11 nitrogen and oxygen atoms in total. The van der Waals surface area contributed by atoms with E-state index in [9.17, 15) is 14.7 Å². The number of amides is 1. The summed E-state index contributed by atoms with van der Waals surface area (Å²) in [4.78, 5) is 32.5. The van der Waals surface area contributed by atoms with Crippen LogP contribution < -0.4 is 0 Å². The van der Waals surface area contributed by atoms with E-state index in [1.54, 1.807) is 11.1 Å². The molecule has 0 aromatic carbocycles. The second-order valence-corrected chi connectivity index (χ2v) is 19.0. The van der Waals surface area contributed by atoms with Crippen LogP contribution in [0.1, 0.15) is 64.0 Å². The van der Waals surface area contributed by atoms with Gasteiger partial charge in [-0.15, -0.1) is 15.0 Å². The molecule has 0 saturated heterocycles. The van der Waals surface area contributed by atoms with Gasteiger partial charge >= 0.3 is 12.1 Å². The quantitative estimate of drug-likeness (QED) is 0.252. The number of carboxylic acids is 1. The molecule has 3 heterocycles. The first-order chi connectivity index (χ1) is 19.1. The molecule has 1 aliphatic rings. The Hall–Kier alpha value is -3.12. The van der Waals surface area contributed by atoms with E-state index in [2.05, 4.69) is 40.0 Å². The van der Waals surface area contributed by atoms with Gasteiger partial charge in [0.1, 0.15) is 5.60 Å². The average molecular weight is 587 g/mol. The molecule has 1 unspecified atom stereocenters. The van der Waals surface area contributed by atoms with Crippen LogP contribution in [0, 0.1) is 11.8 Å². The minimum Gasteiger partial charge on any atom is -0.481 e. The van der Waals surface area contributed by atoms with Crippen molar-refractivity contribution in [2.75, 3.05) is 19.7 Å². The summed E-state index contributed by atoms with van der Waals surface area (Å²) >= 11 is 0. The van der Waals surface area contributed by atoms with Crippen molar-refractivity contribution in [1.29, 1.82) is 0 Å². The number of nitrogens with zero attached hydrogens (tertiary/aromatic N) is 6. The molecule has 0 bridgehead atoms. The molecule has 0 fully saturated rings. The standard InChI is InChI=1S/C29H46N6O5Si/c1-20(2)15-24(27(36)37)23(26-31-33-35(32-26)19-39-13-14-41(6,7)8)16-21-9-10-25(30-17-21)22-11-12-34(18-22)28(38)40-29(3,4)5/h9-11,17,20,23-24H,12-16,18-19H2,1-8H3,(H,36,37)/t23-,24?/m0/s1. The zero-order chi connectivity index (χ0) is 30.4. The predicted octanol–water partition coefficient (Wildman–Crippen LogP) is 5.09. The van der Waals surface area contributed by atoms with Crippen molar-refractivity contribution in [2.45, 2.75) is 91.4 Å². The molecule has 12 heteroatoms. The molecule has 3 rings (SSSR count). The summed E-state index contributed by atoms with van der Waals surface area (Å²) in [6, 6.07) is 4.89. The normalized spacial score (nSPS) is 15.6. The summed E-state index contributed by atoms with van der Waals surface area (Å²) in [5.41, 5.74) is 2.04. The predicted molar refractivity (Wildman–Crippen MR) is 159 cm³/mol. The largest absolute Gasteiger partial charge is 0.481 e. The first-order valence-electron chi connectivity index (χ1n) is 14.3. The lowest BCUT2D eigenvalue weighted by molar-refractivity contribution is -0.143. The topological polar surface area (TPSA) is 133 Å². The van der Waals surface area contributed by atoms with Gasteiger partial charge in [-0.3, -0.25) is 9.78 Å². The van der Waals surface area contributed by atoms with E-state index in [0.29, 0.717) is 38.4 Å². The molecule has 0 aliphatic carbocycles. The van der Waals surface area contributed by atoms with Gasteiger partial charge in [-0.2, -0.15) is 0 Å². The highest BCUT2D eigenvalue weighted by Gasteiger charge is 2.34. The van der Waals surface area contributed by atoms with E-state index in [-0.39, 0.29) is 18.7 Å². The SMILES string of the molecule is CC(C)CC(C(=O)O)[C@H](Cc1ccc(C2=CCN(C(=O)OC(C)(C)C)C2)nc1)c1nnn(COCC[Si](C)(C)C)n1. The van der Waals surface area contributed by atoms with Crippen molar-refractivity contribution in [3.05, 3.63) is 41.5 Å². The minimum atomic E-state index is -1.21. The number of ether oxygens (including phenoxy) is 2. The lowest BCUT2D eigenvalue weighted by Crippen LogP contribution is -2.35. The van der Waals surface area contributed by atoms with Gasteiger partial charge in [0.25, 0.3) is 0 Å². The summed E-state index contributed by atoms with van der Waals surface area (Å²) in [6.45, 7) is 18.1. The van der Waals surface area contributed by atoms with Crippen LogP contribution in [0.15, 0.2) is 24.4 Å². The molecular weight excluding hydrogens is 540 g/mol. The van der Waals surface area contributed by atoms with Crippen LogP contribution in [0.2, 0.25) is 25.7 Å². The maximum absolute atomic E-state index is 12.4. The zero-order valence-corrected chi connectivity index (χ0v) is 26.8. The highest BCUT2D eigenvalue weighted by atomic mass is 28.3. The Morgan fingerprint density at radius 1 is 1.17 bits per heavy atom. The molecule has 1 N–H and O–H groups in total. The number of carbonyl (C=O) groups excluding carboxylic acids is 1. The second kappa shape index (κ2) is 13.7. The molecule has 1 aliphatic heterocycles. The van der Waals surface area contributed by atoms with Crippen molar-refractivity contribution < 1.29 is 24.2 Å². The highest BCUT2D eigenvalue weighted by Crippen LogP contribution is 2.32. The fourth-order valence-electron chi connectivity index (χ4n) is 4.54. The number of hydrogen-bond donors (Lipinski definition) is 1. The van der Waals surface area contributed by atoms with Crippen molar-refractivity contribution in [3.63, 3.8) is 0 Å². The summed E-state index contributed by atoms with van der Waals surface area (Å²) in [7, 11) is -1.21. The Bertz CT molecular complexity index is 1200. The molecule has 1 amide bonds. The minimum absolute atomic E-state index is 0.178. The van der Waals surface area contributed by atoms with E-state index < -0.39 is 31.5 Å². The summed E-state index contributed by atoms with van der Waals surface area (Å²) in [5, 5.41) is 23.1. The molecule has 0 radical (unpaired) electrons. The van der Waals surface area contributed by atoms with Crippen LogP contribution in [0.25, 0.3) is 5.57 Å². The third-order valence-electron chi connectivity index (χ3n) is 6.71. The highest BCUT2D eigenvalue weighted by molar-refractivity contribution is 6.76. The molecule has 226 valence electrons. The number of carbonyl (C=O) groups is 2. The van der Waals surface area contributed by atoms with Crippen LogP contribution in [0.4, 0.5) is 4.79 Å². The number of pyridine rings is 1. The fraction of sp³-hybridized carbons (Fsp3) is 0.655. The third kappa shape index (κ3) is 10.3. The van der Waals surface area contributed by atoms with Crippen LogP contribution in [0.3, 0.4) is 0 Å². The summed E-state index contributed by atoms with van der Waals surface area (Å²) in [5.74, 6) is -1.47. The molecule has 41 heavy (non-hydrogen) atoms. The molecular formula is C29H46N6O5Si. The lowest BCUT2D eigenvalue weighted by Gasteiger charge is -2.24. The number of tetrazole rings is 1. The van der Waals surface area contributed by atoms with Crippen molar-refractivity contribution >= 4 is 25.7 Å². The van der Waals surface area contributed by atoms with E-state index >= 15 is 0 Å². The van der Waals surface area contributed by atoms with Crippen molar-refractivity contribution in [1.82, 2.24) is 30.1 Å². The van der Waals surface area contributed by atoms with Crippen LogP contribution in [-0.2, 0) is 27.4 Å². The molecule has 2 aromatic heterocycles. The van der Waals surface area contributed by atoms with Gasteiger partial charge in [0.15, 0.2) is 12.6 Å². The van der Waals surface area contributed by atoms with Crippen LogP contribution in [-0.4, -0.2) is 80.6 Å². The smallest absolute Gasteiger partial charge is 0.410 e. The Kier molecular flexibility index (Phi) is 10.8. The van der Waals surface area contributed by atoms with Gasteiger partial charge in [-0.05, 0) is 68.0 Å². The Morgan fingerprint density at radius 3 is 2.49 bits per heavy atom. The maximum atomic E-state index is 12.4. The number of hydrogen-bond acceptors (Lipinski definition) is 8. The number of carboxylic acid groups (broad SMARTS) is 1. The summed E-state index contributed by atoms with van der Waals surface area (Å²) < 4.78 is 11.2. The van der Waals surface area contributed by atoms with Gasteiger partial charge in [-0.25, -0.2) is 4.79 Å². The lowest BCUT2D eigenvalue weighted by atomic mass is 9.81. The summed E-state index contributed by atoms with van der Waals surface area (Å²) in [6.07, 6.45) is 4.28. The van der Waals surface area contributed by atoms with Gasteiger partial charge in [0.05, 0.1) is 18.2 Å². The number of aliphatic carboxylic acids is 1. The third-order valence-corrected chi connectivity index (χ3v) is 8.42. The van der Waals surface area contributed by atoms with E-state index in [1.165, 1.54) is 4.80 Å². The zero-order valence-electron chi connectivity index (χ0n) is 25.8. The van der Waals surface area contributed by atoms with Crippen molar-refractivity contribution in [3.8, 4) is 0 Å². The Balaban J connectivity index is 1.72. The molecule has 0 saturated carbocycles. The fourth-order valence-corrected chi connectivity index (χ4v) is 5.29. The number of rotatable bonds is 13. The van der Waals surface area contributed by atoms with E-state index in [0.717, 1.165) is 22.9 Å². The van der Waals surface area contributed by atoms with E-state index in [4.69, 9.17) is 9.47 Å². The van der Waals surface area contributed by atoms with Gasteiger partial charge < -0.3 is 19.5 Å². The van der Waals surface area contributed by atoms with Gasteiger partial charge in [0, 0.05) is 33.3 Å². The Labute approximate surface area is 244 Å². The van der Waals surface area contributed by atoms with Crippen LogP contribution >= 0.6 is 0 Å². The Morgan fingerprint density at radius 2 is 1.90 bits per heavy atom. The molecule has 2 atom stereocenters. The van der Waals surface area contributed by atoms with Gasteiger partial charge in [0.2, 0.25) is 0 Å².